The molecule has 0 bridgehead atoms. The van der Waals surface area contributed by atoms with Crippen LogP contribution in [0.15, 0.2) is 66.7 Å². The van der Waals surface area contributed by atoms with Gasteiger partial charge in [0.1, 0.15) is 11.6 Å². The number of ether oxygens (including phenoxy) is 1. The Labute approximate surface area is 197 Å². The lowest BCUT2D eigenvalue weighted by Gasteiger charge is -2.28. The summed E-state index contributed by atoms with van der Waals surface area (Å²) in [4.78, 5) is 0. The molecule has 0 amide bonds. The summed E-state index contributed by atoms with van der Waals surface area (Å²) in [5.74, 6) is 2.67. The largest absolute Gasteiger partial charge is 0.435 e. The van der Waals surface area contributed by atoms with E-state index in [1.807, 2.05) is 6.92 Å². The summed E-state index contributed by atoms with van der Waals surface area (Å²) >= 11 is 5.91. The molecule has 2 nitrogen and oxygen atoms in total. The van der Waals surface area contributed by atoms with E-state index in [0.717, 1.165) is 23.2 Å². The lowest BCUT2D eigenvalue weighted by atomic mass is 9.75. The van der Waals surface area contributed by atoms with E-state index in [1.54, 1.807) is 48.5 Å². The predicted octanol–water partition coefficient (Wildman–Crippen LogP) is 8.13. The Morgan fingerprint density at radius 3 is 2.36 bits per heavy atom. The third-order valence-electron chi connectivity index (χ3n) is 5.73. The van der Waals surface area contributed by atoms with E-state index in [-0.39, 0.29) is 11.6 Å². The number of anilines is 2. The molecule has 0 fully saturated rings. The minimum absolute atomic E-state index is 0.0998. The maximum atomic E-state index is 14.3. The van der Waals surface area contributed by atoms with Crippen molar-refractivity contribution >= 4 is 23.0 Å². The molecular formula is C27H25ClF3NO. The van der Waals surface area contributed by atoms with Crippen molar-refractivity contribution in [2.45, 2.75) is 44.6 Å². The summed E-state index contributed by atoms with van der Waals surface area (Å²) in [7, 11) is 0. The highest BCUT2D eigenvalue weighted by molar-refractivity contribution is 6.30. The molecule has 1 N–H and O–H groups in total. The average molecular weight is 472 g/mol. The van der Waals surface area contributed by atoms with E-state index in [1.165, 1.54) is 18.2 Å². The molecule has 33 heavy (non-hydrogen) atoms. The van der Waals surface area contributed by atoms with Crippen molar-refractivity contribution in [3.8, 4) is 18.1 Å². The van der Waals surface area contributed by atoms with Crippen molar-refractivity contribution in [3.05, 3.63) is 88.7 Å². The molecule has 3 aromatic carbocycles. The second-order valence-corrected chi connectivity index (χ2v) is 8.22. The fraction of sp³-hybridized carbons (Fsp3) is 0.259. The number of alkyl halides is 2. The van der Waals surface area contributed by atoms with Crippen LogP contribution in [-0.2, 0) is 11.8 Å². The molecule has 6 heteroatoms. The second kappa shape index (κ2) is 11.2. The first-order chi connectivity index (χ1) is 15.8. The zero-order valence-corrected chi connectivity index (χ0v) is 19.0. The van der Waals surface area contributed by atoms with Crippen LogP contribution in [0.4, 0.5) is 24.5 Å². The summed E-state index contributed by atoms with van der Waals surface area (Å²) in [5.41, 5.74) is 2.48. The number of halogens is 4. The first-order valence-corrected chi connectivity index (χ1v) is 11.1. The van der Waals surface area contributed by atoms with Crippen molar-refractivity contribution in [2.24, 2.45) is 0 Å². The molecule has 0 saturated heterocycles. The number of benzene rings is 3. The molecule has 0 aromatic heterocycles. The van der Waals surface area contributed by atoms with Gasteiger partial charge in [-0.05, 0) is 85.3 Å². The van der Waals surface area contributed by atoms with Gasteiger partial charge in [-0.3, -0.25) is 0 Å². The topological polar surface area (TPSA) is 21.3 Å². The van der Waals surface area contributed by atoms with Gasteiger partial charge in [-0.2, -0.15) is 8.78 Å². The molecule has 0 radical (unpaired) electrons. The van der Waals surface area contributed by atoms with Gasteiger partial charge in [-0.1, -0.05) is 42.6 Å². The van der Waals surface area contributed by atoms with E-state index in [2.05, 4.69) is 16.0 Å². The summed E-state index contributed by atoms with van der Waals surface area (Å²) in [6.45, 7) is -0.857. The van der Waals surface area contributed by atoms with Crippen LogP contribution in [-0.4, -0.2) is 6.61 Å². The highest BCUT2D eigenvalue weighted by atomic mass is 35.5. The monoisotopic (exact) mass is 471 g/mol. The second-order valence-electron chi connectivity index (χ2n) is 7.78. The third kappa shape index (κ3) is 6.46. The van der Waals surface area contributed by atoms with Crippen molar-refractivity contribution in [3.63, 3.8) is 0 Å². The number of rotatable bonds is 10. The Morgan fingerprint density at radius 1 is 1.06 bits per heavy atom. The van der Waals surface area contributed by atoms with Gasteiger partial charge in [-0.25, -0.2) is 4.39 Å². The summed E-state index contributed by atoms with van der Waals surface area (Å²) in [5, 5.41) is 3.69. The zero-order chi connectivity index (χ0) is 23.8. The molecular weight excluding hydrogens is 447 g/mol. The zero-order valence-electron chi connectivity index (χ0n) is 18.3. The Hall–Kier alpha value is -3.10. The van der Waals surface area contributed by atoms with Gasteiger partial charge in [0.25, 0.3) is 0 Å². The first-order valence-electron chi connectivity index (χ1n) is 10.7. The molecule has 172 valence electrons. The number of hydrogen-bond donors (Lipinski definition) is 1. The minimum Gasteiger partial charge on any atom is -0.435 e. The van der Waals surface area contributed by atoms with Gasteiger partial charge in [0.15, 0.2) is 0 Å². The van der Waals surface area contributed by atoms with Gasteiger partial charge in [0.2, 0.25) is 0 Å². The standard InChI is InChI=1S/C27H25ClF3NO/c1-3-27(4-2,20-8-14-23(15-9-20)33-26(30)31)17-5-6-19-7-16-24(29)25(18-19)32-22-12-10-21(28)11-13-22/h1,7-16,18,26,32H,4-6,17H2,2H3. The number of hydrogen-bond acceptors (Lipinski definition) is 2. The molecule has 0 aliphatic heterocycles. The minimum atomic E-state index is -2.87. The Morgan fingerprint density at radius 2 is 1.76 bits per heavy atom. The van der Waals surface area contributed by atoms with E-state index < -0.39 is 12.0 Å². The molecule has 0 heterocycles. The van der Waals surface area contributed by atoms with E-state index >= 15 is 0 Å². The lowest BCUT2D eigenvalue weighted by Crippen LogP contribution is -2.23. The molecule has 0 aliphatic carbocycles. The number of aryl methyl sites for hydroxylation is 1. The molecule has 0 spiro atoms. The van der Waals surface area contributed by atoms with Crippen LogP contribution < -0.4 is 10.1 Å². The van der Waals surface area contributed by atoms with Crippen molar-refractivity contribution in [1.29, 1.82) is 0 Å². The summed E-state index contributed by atoms with van der Waals surface area (Å²) in [6.07, 6.45) is 8.81. The van der Waals surface area contributed by atoms with Gasteiger partial charge in [-0.15, -0.1) is 6.42 Å². The predicted molar refractivity (Wildman–Crippen MR) is 128 cm³/mol. The fourth-order valence-corrected chi connectivity index (χ4v) is 3.97. The molecule has 3 rings (SSSR count). The SMILES string of the molecule is C#CC(CC)(CCCc1ccc(F)c(Nc2ccc(Cl)cc2)c1)c1ccc(OC(F)F)cc1. The van der Waals surface area contributed by atoms with E-state index in [4.69, 9.17) is 18.0 Å². The average Bonchev–Trinajstić information content (AvgIpc) is 2.81. The highest BCUT2D eigenvalue weighted by Crippen LogP contribution is 2.34. The lowest BCUT2D eigenvalue weighted by molar-refractivity contribution is -0.0498. The Bertz CT molecular complexity index is 1090. The van der Waals surface area contributed by atoms with E-state index in [0.29, 0.717) is 30.0 Å². The van der Waals surface area contributed by atoms with E-state index in [9.17, 15) is 13.2 Å². The third-order valence-corrected chi connectivity index (χ3v) is 5.99. The van der Waals surface area contributed by atoms with Crippen molar-refractivity contribution < 1.29 is 17.9 Å². The van der Waals surface area contributed by atoms with Crippen LogP contribution in [0.5, 0.6) is 5.75 Å². The van der Waals surface area contributed by atoms with Crippen LogP contribution in [0.25, 0.3) is 0 Å². The highest BCUT2D eigenvalue weighted by Gasteiger charge is 2.27. The Balaban J connectivity index is 1.68. The van der Waals surface area contributed by atoms with Gasteiger partial charge < -0.3 is 10.1 Å². The van der Waals surface area contributed by atoms with Crippen molar-refractivity contribution in [2.75, 3.05) is 5.32 Å². The van der Waals surface area contributed by atoms with Crippen molar-refractivity contribution in [1.82, 2.24) is 0 Å². The number of nitrogens with one attached hydrogen (secondary N) is 1. The normalized spacial score (nSPS) is 12.8. The number of terminal acetylenes is 1. The van der Waals surface area contributed by atoms with Crippen LogP contribution in [0.1, 0.15) is 37.3 Å². The van der Waals surface area contributed by atoms with Gasteiger partial charge in [0.05, 0.1) is 11.1 Å². The van der Waals surface area contributed by atoms with Crippen LogP contribution in [0.2, 0.25) is 5.02 Å². The summed E-state index contributed by atoms with van der Waals surface area (Å²) < 4.78 is 43.6. The van der Waals surface area contributed by atoms with Crippen LogP contribution in [0, 0.1) is 18.2 Å². The summed E-state index contributed by atoms with van der Waals surface area (Å²) in [6, 6.07) is 18.6. The van der Waals surface area contributed by atoms with Crippen LogP contribution in [0.3, 0.4) is 0 Å². The quantitative estimate of drug-likeness (QED) is 0.301. The fourth-order valence-electron chi connectivity index (χ4n) is 3.84. The molecule has 1 atom stereocenters. The molecule has 3 aromatic rings. The molecule has 1 unspecified atom stereocenters. The first kappa shape index (κ1) is 24.5. The molecule has 0 saturated carbocycles. The smallest absolute Gasteiger partial charge is 0.387 e. The van der Waals surface area contributed by atoms with Crippen LogP contribution >= 0.6 is 11.6 Å². The molecule has 0 aliphatic rings. The maximum absolute atomic E-state index is 14.3. The van der Waals surface area contributed by atoms with Gasteiger partial charge >= 0.3 is 6.61 Å². The maximum Gasteiger partial charge on any atom is 0.387 e. The van der Waals surface area contributed by atoms with Gasteiger partial charge in [0, 0.05) is 10.7 Å². The Kier molecular flexibility index (Phi) is 8.30.